The van der Waals surface area contributed by atoms with Crippen LogP contribution in [0, 0.1) is 0 Å². The van der Waals surface area contributed by atoms with E-state index in [4.69, 9.17) is 9.47 Å². The van der Waals surface area contributed by atoms with E-state index in [1.807, 2.05) is 6.92 Å². The fourth-order valence-electron chi connectivity index (χ4n) is 1.89. The van der Waals surface area contributed by atoms with Crippen molar-refractivity contribution in [2.45, 2.75) is 16.7 Å². The molecule has 4 nitrogen and oxygen atoms in total. The molecular formula is C17H18O4S. The molecule has 0 saturated heterocycles. The molecule has 2 rings (SSSR count). The third kappa shape index (κ3) is 3.68. The standard InChI is InChI=1S/C17H18O4S/c1-3-13-21-15-7-11-17(12-8-15)22(18,19)16-9-5-14(6-10-16)20-4-2/h3,5-12H,1,4,13H2,2H3. The molecule has 0 radical (unpaired) electrons. The van der Waals surface area contributed by atoms with Crippen LogP contribution in [0.3, 0.4) is 0 Å². The molecule has 2 aromatic rings. The normalized spacial score (nSPS) is 11.0. The third-order valence-corrected chi connectivity index (χ3v) is 4.73. The van der Waals surface area contributed by atoms with Crippen molar-refractivity contribution in [2.24, 2.45) is 0 Å². The highest BCUT2D eigenvalue weighted by molar-refractivity contribution is 7.91. The second-order valence-corrected chi connectivity index (χ2v) is 6.43. The Balaban J connectivity index is 2.23. The predicted molar refractivity (Wildman–Crippen MR) is 85.2 cm³/mol. The summed E-state index contributed by atoms with van der Waals surface area (Å²) in [5.41, 5.74) is 0. The van der Waals surface area contributed by atoms with Crippen LogP contribution in [0.1, 0.15) is 6.92 Å². The Hall–Kier alpha value is -2.27. The summed E-state index contributed by atoms with van der Waals surface area (Å²) in [5, 5.41) is 0. The number of hydrogen-bond donors (Lipinski definition) is 0. The van der Waals surface area contributed by atoms with E-state index in [2.05, 4.69) is 6.58 Å². The molecule has 0 aromatic heterocycles. The molecule has 0 fully saturated rings. The average Bonchev–Trinajstić information content (AvgIpc) is 2.54. The van der Waals surface area contributed by atoms with Gasteiger partial charge in [0.15, 0.2) is 0 Å². The zero-order valence-electron chi connectivity index (χ0n) is 12.4. The van der Waals surface area contributed by atoms with Gasteiger partial charge in [-0.3, -0.25) is 0 Å². The summed E-state index contributed by atoms with van der Waals surface area (Å²) in [7, 11) is -3.54. The summed E-state index contributed by atoms with van der Waals surface area (Å²) in [4.78, 5) is 0.457. The van der Waals surface area contributed by atoms with E-state index in [9.17, 15) is 8.42 Å². The van der Waals surface area contributed by atoms with E-state index >= 15 is 0 Å². The first kappa shape index (κ1) is 16.1. The highest BCUT2D eigenvalue weighted by Gasteiger charge is 2.17. The molecule has 2 aromatic carbocycles. The molecular weight excluding hydrogens is 300 g/mol. The number of sulfone groups is 1. The van der Waals surface area contributed by atoms with Crippen molar-refractivity contribution in [1.29, 1.82) is 0 Å². The highest BCUT2D eigenvalue weighted by Crippen LogP contribution is 2.24. The number of benzene rings is 2. The van der Waals surface area contributed by atoms with E-state index in [1.165, 1.54) is 12.1 Å². The maximum absolute atomic E-state index is 12.5. The molecule has 0 bridgehead atoms. The number of hydrogen-bond acceptors (Lipinski definition) is 4. The van der Waals surface area contributed by atoms with E-state index in [1.54, 1.807) is 42.5 Å². The Morgan fingerprint density at radius 1 is 0.909 bits per heavy atom. The van der Waals surface area contributed by atoms with Crippen LogP contribution in [0.5, 0.6) is 11.5 Å². The first-order valence-electron chi connectivity index (χ1n) is 6.89. The summed E-state index contributed by atoms with van der Waals surface area (Å²) < 4.78 is 35.7. The van der Waals surface area contributed by atoms with Gasteiger partial charge in [0.05, 0.1) is 16.4 Å². The Kier molecular flexibility index (Phi) is 5.22. The molecule has 0 heterocycles. The maximum atomic E-state index is 12.5. The predicted octanol–water partition coefficient (Wildman–Crippen LogP) is 3.48. The van der Waals surface area contributed by atoms with Crippen molar-refractivity contribution < 1.29 is 17.9 Å². The Bertz CT molecular complexity index is 716. The second-order valence-electron chi connectivity index (χ2n) is 4.48. The van der Waals surface area contributed by atoms with Crippen LogP contribution in [0.4, 0.5) is 0 Å². The van der Waals surface area contributed by atoms with Crippen LogP contribution in [0.25, 0.3) is 0 Å². The van der Waals surface area contributed by atoms with Crippen LogP contribution in [-0.2, 0) is 9.84 Å². The van der Waals surface area contributed by atoms with Gasteiger partial charge < -0.3 is 9.47 Å². The molecule has 0 atom stereocenters. The first-order chi connectivity index (χ1) is 10.6. The molecule has 22 heavy (non-hydrogen) atoms. The lowest BCUT2D eigenvalue weighted by Crippen LogP contribution is -2.02. The topological polar surface area (TPSA) is 52.6 Å². The minimum atomic E-state index is -3.54. The summed E-state index contributed by atoms with van der Waals surface area (Å²) in [6.45, 7) is 6.36. The molecule has 0 aliphatic rings. The van der Waals surface area contributed by atoms with Gasteiger partial charge >= 0.3 is 0 Å². The van der Waals surface area contributed by atoms with Crippen molar-refractivity contribution in [3.05, 3.63) is 61.2 Å². The quantitative estimate of drug-likeness (QED) is 0.733. The molecule has 0 aliphatic carbocycles. The summed E-state index contributed by atoms with van der Waals surface area (Å²) in [5.74, 6) is 1.25. The van der Waals surface area contributed by atoms with Gasteiger partial charge in [-0.15, -0.1) is 0 Å². The summed E-state index contributed by atoms with van der Waals surface area (Å²) in [6, 6.07) is 12.7. The lowest BCUT2D eigenvalue weighted by Gasteiger charge is -2.08. The molecule has 0 saturated carbocycles. The van der Waals surface area contributed by atoms with E-state index < -0.39 is 9.84 Å². The van der Waals surface area contributed by atoms with Crippen LogP contribution in [0.15, 0.2) is 71.0 Å². The zero-order chi connectivity index (χ0) is 16.0. The maximum Gasteiger partial charge on any atom is 0.206 e. The van der Waals surface area contributed by atoms with Gasteiger partial charge in [-0.05, 0) is 55.5 Å². The van der Waals surface area contributed by atoms with Crippen molar-refractivity contribution >= 4 is 9.84 Å². The fourth-order valence-corrected chi connectivity index (χ4v) is 3.15. The van der Waals surface area contributed by atoms with Crippen molar-refractivity contribution in [3.8, 4) is 11.5 Å². The molecule has 0 unspecified atom stereocenters. The smallest absolute Gasteiger partial charge is 0.206 e. The summed E-state index contributed by atoms with van der Waals surface area (Å²) >= 11 is 0. The van der Waals surface area contributed by atoms with Crippen LogP contribution >= 0.6 is 0 Å². The first-order valence-corrected chi connectivity index (χ1v) is 8.38. The van der Waals surface area contributed by atoms with Gasteiger partial charge in [0.2, 0.25) is 9.84 Å². The average molecular weight is 318 g/mol. The molecule has 0 spiro atoms. The molecule has 0 aliphatic heterocycles. The van der Waals surface area contributed by atoms with Crippen molar-refractivity contribution in [2.75, 3.05) is 13.2 Å². The van der Waals surface area contributed by atoms with Gasteiger partial charge in [-0.25, -0.2) is 8.42 Å². The van der Waals surface area contributed by atoms with E-state index in [0.717, 1.165) is 0 Å². The number of rotatable bonds is 7. The van der Waals surface area contributed by atoms with E-state index in [-0.39, 0.29) is 9.79 Å². The summed E-state index contributed by atoms with van der Waals surface area (Å²) in [6.07, 6.45) is 1.63. The van der Waals surface area contributed by atoms with Gasteiger partial charge in [0.1, 0.15) is 18.1 Å². The zero-order valence-corrected chi connectivity index (χ0v) is 13.2. The lowest BCUT2D eigenvalue weighted by atomic mass is 10.3. The highest BCUT2D eigenvalue weighted by atomic mass is 32.2. The minimum absolute atomic E-state index is 0.225. The Morgan fingerprint density at radius 2 is 1.36 bits per heavy atom. The monoisotopic (exact) mass is 318 g/mol. The van der Waals surface area contributed by atoms with Gasteiger partial charge in [0, 0.05) is 0 Å². The molecule has 116 valence electrons. The lowest BCUT2D eigenvalue weighted by molar-refractivity contribution is 0.340. The van der Waals surface area contributed by atoms with Crippen molar-refractivity contribution in [3.63, 3.8) is 0 Å². The van der Waals surface area contributed by atoms with Gasteiger partial charge in [0.25, 0.3) is 0 Å². The third-order valence-electron chi connectivity index (χ3n) is 2.95. The minimum Gasteiger partial charge on any atom is -0.494 e. The van der Waals surface area contributed by atoms with Crippen LogP contribution < -0.4 is 9.47 Å². The largest absolute Gasteiger partial charge is 0.494 e. The molecule has 5 heteroatoms. The fraction of sp³-hybridized carbons (Fsp3) is 0.176. The molecule has 0 N–H and O–H groups in total. The second kappa shape index (κ2) is 7.13. The van der Waals surface area contributed by atoms with Crippen LogP contribution in [0.2, 0.25) is 0 Å². The SMILES string of the molecule is C=CCOc1ccc(S(=O)(=O)c2ccc(OCC)cc2)cc1. The Morgan fingerprint density at radius 3 is 1.77 bits per heavy atom. The van der Waals surface area contributed by atoms with Gasteiger partial charge in [-0.1, -0.05) is 12.7 Å². The van der Waals surface area contributed by atoms with E-state index in [0.29, 0.717) is 24.7 Å². The van der Waals surface area contributed by atoms with Crippen molar-refractivity contribution in [1.82, 2.24) is 0 Å². The van der Waals surface area contributed by atoms with Crippen LogP contribution in [-0.4, -0.2) is 21.6 Å². The number of ether oxygens (including phenoxy) is 2. The van der Waals surface area contributed by atoms with Gasteiger partial charge in [-0.2, -0.15) is 0 Å². The Labute approximate surface area is 130 Å². The molecule has 0 amide bonds.